The highest BCUT2D eigenvalue weighted by atomic mass is 16.5. The van der Waals surface area contributed by atoms with Gasteiger partial charge in [-0.3, -0.25) is 0 Å². The van der Waals surface area contributed by atoms with E-state index in [1.165, 1.54) is 30.4 Å². The number of benzene rings is 1. The maximum Gasteiger partial charge on any atom is 0.0716 e. The Morgan fingerprint density at radius 2 is 2.00 bits per heavy atom. The third-order valence-electron chi connectivity index (χ3n) is 3.97. The number of hydrogen-bond acceptors (Lipinski definition) is 2. The summed E-state index contributed by atoms with van der Waals surface area (Å²) >= 11 is 0. The predicted octanol–water partition coefficient (Wildman–Crippen LogP) is 3.50. The zero-order valence-corrected chi connectivity index (χ0v) is 11.8. The average molecular weight is 247 g/mol. The Morgan fingerprint density at radius 1 is 1.28 bits per heavy atom. The molecule has 0 aromatic heterocycles. The topological polar surface area (TPSA) is 21.3 Å². The molecule has 1 fully saturated rings. The van der Waals surface area contributed by atoms with Gasteiger partial charge in [-0.1, -0.05) is 38.1 Å². The van der Waals surface area contributed by atoms with E-state index in [0.717, 1.165) is 6.54 Å². The first-order chi connectivity index (χ1) is 8.61. The lowest BCUT2D eigenvalue weighted by Gasteiger charge is -2.18. The largest absolute Gasteiger partial charge is 0.380 e. The summed E-state index contributed by atoms with van der Waals surface area (Å²) in [5.41, 5.74) is 3.18. The molecule has 1 atom stereocenters. The van der Waals surface area contributed by atoms with Gasteiger partial charge in [0.25, 0.3) is 0 Å². The molecule has 18 heavy (non-hydrogen) atoms. The van der Waals surface area contributed by atoms with Gasteiger partial charge >= 0.3 is 0 Å². The van der Waals surface area contributed by atoms with Crippen LogP contribution in [-0.2, 0) is 17.9 Å². The van der Waals surface area contributed by atoms with Crippen LogP contribution in [0.3, 0.4) is 0 Å². The molecular weight excluding hydrogens is 222 g/mol. The second-order valence-electron chi connectivity index (χ2n) is 6.19. The molecule has 0 spiro atoms. The number of ether oxygens (including phenoxy) is 1. The van der Waals surface area contributed by atoms with E-state index in [1.807, 2.05) is 0 Å². The van der Waals surface area contributed by atoms with E-state index in [9.17, 15) is 0 Å². The van der Waals surface area contributed by atoms with Gasteiger partial charge in [-0.15, -0.1) is 0 Å². The van der Waals surface area contributed by atoms with Crippen LogP contribution in [0.2, 0.25) is 0 Å². The van der Waals surface area contributed by atoms with Crippen LogP contribution in [0, 0.1) is 5.41 Å². The first-order valence-electron chi connectivity index (χ1n) is 6.90. The van der Waals surface area contributed by atoms with E-state index in [-0.39, 0.29) is 0 Å². The molecule has 0 heterocycles. The summed E-state index contributed by atoms with van der Waals surface area (Å²) in [7, 11) is 1.75. The third-order valence-corrected chi connectivity index (χ3v) is 3.97. The predicted molar refractivity (Wildman–Crippen MR) is 75.4 cm³/mol. The zero-order valence-electron chi connectivity index (χ0n) is 11.8. The van der Waals surface area contributed by atoms with Crippen molar-refractivity contribution in [2.75, 3.05) is 7.11 Å². The van der Waals surface area contributed by atoms with Crippen molar-refractivity contribution in [1.29, 1.82) is 0 Å². The minimum absolute atomic E-state index is 0.518. The summed E-state index contributed by atoms with van der Waals surface area (Å²) in [6.45, 7) is 6.40. The van der Waals surface area contributed by atoms with Gasteiger partial charge in [-0.2, -0.15) is 0 Å². The molecule has 1 aliphatic carbocycles. The van der Waals surface area contributed by atoms with Crippen molar-refractivity contribution >= 4 is 0 Å². The first-order valence-corrected chi connectivity index (χ1v) is 6.90. The van der Waals surface area contributed by atoms with Crippen molar-refractivity contribution in [2.45, 2.75) is 52.3 Å². The van der Waals surface area contributed by atoms with Gasteiger partial charge < -0.3 is 10.1 Å². The lowest BCUT2D eigenvalue weighted by molar-refractivity contribution is 0.184. The summed E-state index contributed by atoms with van der Waals surface area (Å²) in [5, 5.41) is 3.70. The van der Waals surface area contributed by atoms with Gasteiger partial charge in [0.15, 0.2) is 0 Å². The van der Waals surface area contributed by atoms with Gasteiger partial charge in [0.05, 0.1) is 6.61 Å². The lowest BCUT2D eigenvalue weighted by atomic mass is 9.92. The van der Waals surface area contributed by atoms with Crippen LogP contribution in [0.25, 0.3) is 0 Å². The molecule has 1 unspecified atom stereocenters. The molecule has 0 amide bonds. The number of rotatable bonds is 5. The highest BCUT2D eigenvalue weighted by molar-refractivity contribution is 5.26. The normalized spacial score (nSPS) is 22.3. The summed E-state index contributed by atoms with van der Waals surface area (Å²) in [6, 6.07) is 9.21. The smallest absolute Gasteiger partial charge is 0.0716 e. The molecule has 1 aromatic carbocycles. The van der Waals surface area contributed by atoms with Crippen molar-refractivity contribution in [3.05, 3.63) is 35.4 Å². The van der Waals surface area contributed by atoms with E-state index in [1.54, 1.807) is 7.11 Å². The maximum atomic E-state index is 5.25. The monoisotopic (exact) mass is 247 g/mol. The highest BCUT2D eigenvalue weighted by Gasteiger charge is 2.30. The Balaban J connectivity index is 1.90. The maximum absolute atomic E-state index is 5.25. The summed E-state index contributed by atoms with van der Waals surface area (Å²) in [6.07, 6.45) is 3.93. The Hall–Kier alpha value is -0.860. The number of hydrogen-bond donors (Lipinski definition) is 1. The number of methoxy groups -OCH3 is 1. The van der Waals surface area contributed by atoms with Gasteiger partial charge in [0, 0.05) is 19.7 Å². The summed E-state index contributed by atoms with van der Waals surface area (Å²) in [4.78, 5) is 0. The SMILES string of the molecule is COCc1ccccc1CNC1CCC(C)(C)C1. The average Bonchev–Trinajstić information content (AvgIpc) is 2.68. The fourth-order valence-corrected chi connectivity index (χ4v) is 2.89. The molecule has 2 nitrogen and oxygen atoms in total. The van der Waals surface area contributed by atoms with Crippen molar-refractivity contribution in [1.82, 2.24) is 5.32 Å². The van der Waals surface area contributed by atoms with Gasteiger partial charge in [-0.05, 0) is 35.8 Å². The van der Waals surface area contributed by atoms with Crippen LogP contribution < -0.4 is 5.32 Å². The fraction of sp³-hybridized carbons (Fsp3) is 0.625. The number of nitrogens with one attached hydrogen (secondary N) is 1. The van der Waals surface area contributed by atoms with Crippen molar-refractivity contribution < 1.29 is 4.74 Å². The van der Waals surface area contributed by atoms with Crippen LogP contribution >= 0.6 is 0 Å². The molecule has 0 radical (unpaired) electrons. The van der Waals surface area contributed by atoms with Gasteiger partial charge in [0.1, 0.15) is 0 Å². The molecule has 1 aromatic rings. The molecule has 0 aliphatic heterocycles. The van der Waals surface area contributed by atoms with Crippen LogP contribution in [0.1, 0.15) is 44.2 Å². The van der Waals surface area contributed by atoms with Crippen LogP contribution in [-0.4, -0.2) is 13.2 Å². The molecule has 0 bridgehead atoms. The van der Waals surface area contributed by atoms with E-state index >= 15 is 0 Å². The fourth-order valence-electron chi connectivity index (χ4n) is 2.89. The van der Waals surface area contributed by atoms with Crippen LogP contribution in [0.4, 0.5) is 0 Å². The first kappa shape index (κ1) is 13.6. The Bertz CT molecular complexity index is 386. The van der Waals surface area contributed by atoms with Gasteiger partial charge in [-0.25, -0.2) is 0 Å². The van der Waals surface area contributed by atoms with E-state index in [2.05, 4.69) is 43.4 Å². The molecule has 1 N–H and O–H groups in total. The molecule has 0 saturated heterocycles. The summed E-state index contributed by atoms with van der Waals surface area (Å²) < 4.78 is 5.25. The van der Waals surface area contributed by atoms with E-state index < -0.39 is 0 Å². The molecule has 1 aliphatic rings. The van der Waals surface area contributed by atoms with E-state index in [4.69, 9.17) is 4.74 Å². The highest BCUT2D eigenvalue weighted by Crippen LogP contribution is 2.37. The van der Waals surface area contributed by atoms with Crippen LogP contribution in [0.5, 0.6) is 0 Å². The molecule has 2 heteroatoms. The molecule has 2 rings (SSSR count). The standard InChI is InChI=1S/C16H25NO/c1-16(2)9-8-15(10-16)17-11-13-6-4-5-7-14(13)12-18-3/h4-7,15,17H,8-12H2,1-3H3. The molecule has 1 saturated carbocycles. The van der Waals surface area contributed by atoms with Gasteiger partial charge in [0.2, 0.25) is 0 Å². The van der Waals surface area contributed by atoms with Crippen molar-refractivity contribution in [2.24, 2.45) is 5.41 Å². The minimum atomic E-state index is 0.518. The second-order valence-corrected chi connectivity index (χ2v) is 6.19. The van der Waals surface area contributed by atoms with Crippen molar-refractivity contribution in [3.63, 3.8) is 0 Å². The third kappa shape index (κ3) is 3.56. The van der Waals surface area contributed by atoms with Crippen LogP contribution in [0.15, 0.2) is 24.3 Å². The van der Waals surface area contributed by atoms with Crippen molar-refractivity contribution in [3.8, 4) is 0 Å². The summed E-state index contributed by atoms with van der Waals surface area (Å²) in [5.74, 6) is 0. The zero-order chi connectivity index (χ0) is 13.0. The minimum Gasteiger partial charge on any atom is -0.380 e. The molecular formula is C16H25NO. The quantitative estimate of drug-likeness (QED) is 0.860. The second kappa shape index (κ2) is 5.85. The lowest BCUT2D eigenvalue weighted by Crippen LogP contribution is -2.27. The Kier molecular flexibility index (Phi) is 4.41. The Labute approximate surface area is 111 Å². The Morgan fingerprint density at radius 3 is 2.61 bits per heavy atom. The van der Waals surface area contributed by atoms with E-state index in [0.29, 0.717) is 18.1 Å². The molecule has 100 valence electrons.